The van der Waals surface area contributed by atoms with Crippen molar-refractivity contribution in [1.29, 1.82) is 0 Å². The van der Waals surface area contributed by atoms with Crippen molar-refractivity contribution >= 4 is 55.9 Å². The number of hydrogen-bond donors (Lipinski definition) is 1. The van der Waals surface area contributed by atoms with E-state index in [-0.39, 0.29) is 0 Å². The first-order valence-corrected chi connectivity index (χ1v) is 8.95. The fraction of sp³-hybridized carbons (Fsp3) is 0.0667. The molecule has 2 aromatic heterocycles. The molecule has 5 heteroatoms. The average molecular weight is 385 g/mol. The van der Waals surface area contributed by atoms with E-state index in [0.717, 1.165) is 21.7 Å². The number of halogens is 2. The van der Waals surface area contributed by atoms with Gasteiger partial charge in [-0.15, -0.1) is 22.7 Å². The summed E-state index contributed by atoms with van der Waals surface area (Å²) in [6.45, 7) is 0.789. The van der Waals surface area contributed by atoms with Crippen LogP contribution in [-0.4, -0.2) is 0 Å². The highest BCUT2D eigenvalue weighted by Crippen LogP contribution is 2.30. The molecular weight excluding hydrogens is 374 g/mol. The molecule has 0 amide bonds. The Hall–Kier alpha value is -0.810. The lowest BCUT2D eigenvalue weighted by atomic mass is 10.2. The largest absolute Gasteiger partial charge is 0.379 e. The number of benzene rings is 1. The normalized spacial score (nSPS) is 10.7. The van der Waals surface area contributed by atoms with Gasteiger partial charge in [-0.1, -0.05) is 33.6 Å². The Bertz CT molecular complexity index is 706. The lowest BCUT2D eigenvalue weighted by Crippen LogP contribution is -1.97. The van der Waals surface area contributed by atoms with Crippen LogP contribution in [0, 0.1) is 0 Å². The zero-order chi connectivity index (χ0) is 13.9. The summed E-state index contributed by atoms with van der Waals surface area (Å²) in [5.41, 5.74) is 2.25. The van der Waals surface area contributed by atoms with E-state index in [9.17, 15) is 0 Å². The van der Waals surface area contributed by atoms with Crippen molar-refractivity contribution in [2.75, 3.05) is 5.32 Å². The van der Waals surface area contributed by atoms with Gasteiger partial charge in [0.25, 0.3) is 0 Å². The molecule has 102 valence electrons. The number of hydrogen-bond acceptors (Lipinski definition) is 3. The maximum Gasteiger partial charge on any atom is 0.0648 e. The number of rotatable bonds is 4. The maximum absolute atomic E-state index is 6.19. The second-order valence-electron chi connectivity index (χ2n) is 4.26. The molecule has 0 saturated carbocycles. The van der Waals surface area contributed by atoms with E-state index in [1.165, 1.54) is 15.3 Å². The Morgan fingerprint density at radius 2 is 2.05 bits per heavy atom. The Morgan fingerprint density at radius 1 is 1.15 bits per heavy atom. The van der Waals surface area contributed by atoms with Crippen LogP contribution in [0.2, 0.25) is 5.02 Å². The molecule has 0 aliphatic heterocycles. The van der Waals surface area contributed by atoms with Crippen LogP contribution in [-0.2, 0) is 6.54 Å². The van der Waals surface area contributed by atoms with Gasteiger partial charge in [0, 0.05) is 26.3 Å². The SMILES string of the molecule is Clc1cc(Br)ccc1NCc1cc(-c2cccs2)cs1. The first kappa shape index (κ1) is 14.1. The molecule has 1 nitrogen and oxygen atoms in total. The van der Waals surface area contributed by atoms with Crippen LogP contribution in [0.4, 0.5) is 5.69 Å². The van der Waals surface area contributed by atoms with Crippen molar-refractivity contribution in [3.8, 4) is 10.4 Å². The van der Waals surface area contributed by atoms with E-state index in [2.05, 4.69) is 50.2 Å². The first-order chi connectivity index (χ1) is 9.72. The Balaban J connectivity index is 1.70. The predicted octanol–water partition coefficient (Wildman–Crippen LogP) is 6.50. The van der Waals surface area contributed by atoms with Crippen LogP contribution in [0.15, 0.2) is 51.6 Å². The summed E-state index contributed by atoms with van der Waals surface area (Å²) < 4.78 is 0.990. The third-order valence-electron chi connectivity index (χ3n) is 2.84. The summed E-state index contributed by atoms with van der Waals surface area (Å²) in [6, 6.07) is 12.3. The van der Waals surface area contributed by atoms with Crippen LogP contribution >= 0.6 is 50.2 Å². The monoisotopic (exact) mass is 383 g/mol. The van der Waals surface area contributed by atoms with Crippen LogP contribution in [0.25, 0.3) is 10.4 Å². The van der Waals surface area contributed by atoms with Gasteiger partial charge in [-0.25, -0.2) is 0 Å². The van der Waals surface area contributed by atoms with Gasteiger partial charge >= 0.3 is 0 Å². The van der Waals surface area contributed by atoms with Crippen LogP contribution in [0.5, 0.6) is 0 Å². The minimum atomic E-state index is 0.731. The second kappa shape index (κ2) is 6.31. The van der Waals surface area contributed by atoms with Crippen molar-refractivity contribution in [3.63, 3.8) is 0 Å². The molecule has 0 bridgehead atoms. The van der Waals surface area contributed by atoms with Crippen LogP contribution in [0.1, 0.15) is 4.88 Å². The van der Waals surface area contributed by atoms with Gasteiger partial charge in [0.1, 0.15) is 0 Å². The third-order valence-corrected chi connectivity index (χ3v) is 5.51. The summed E-state index contributed by atoms with van der Waals surface area (Å²) in [6.07, 6.45) is 0. The average Bonchev–Trinajstić information content (AvgIpc) is 3.08. The summed E-state index contributed by atoms with van der Waals surface area (Å²) >= 11 is 13.1. The molecule has 0 fully saturated rings. The molecule has 0 atom stereocenters. The number of thiophene rings is 2. The van der Waals surface area contributed by atoms with Crippen molar-refractivity contribution < 1.29 is 0 Å². The highest BCUT2D eigenvalue weighted by Gasteiger charge is 2.05. The first-order valence-electron chi connectivity index (χ1n) is 6.02. The minimum absolute atomic E-state index is 0.731. The zero-order valence-electron chi connectivity index (χ0n) is 10.4. The minimum Gasteiger partial charge on any atom is -0.379 e. The molecule has 2 heterocycles. The summed E-state index contributed by atoms with van der Waals surface area (Å²) in [5.74, 6) is 0. The van der Waals surface area contributed by atoms with Crippen molar-refractivity contribution in [3.05, 3.63) is 61.5 Å². The Kier molecular flexibility index (Phi) is 4.46. The summed E-state index contributed by atoms with van der Waals surface area (Å²) in [5, 5.41) is 8.41. The fourth-order valence-electron chi connectivity index (χ4n) is 1.86. The number of nitrogens with one attached hydrogen (secondary N) is 1. The molecule has 0 saturated heterocycles. The van der Waals surface area contributed by atoms with Gasteiger partial charge in [0.2, 0.25) is 0 Å². The molecule has 1 aromatic carbocycles. The smallest absolute Gasteiger partial charge is 0.0648 e. The molecule has 0 aliphatic rings. The molecule has 0 unspecified atom stereocenters. The van der Waals surface area contributed by atoms with E-state index in [1.807, 2.05) is 18.2 Å². The van der Waals surface area contributed by atoms with E-state index < -0.39 is 0 Å². The zero-order valence-corrected chi connectivity index (χ0v) is 14.4. The predicted molar refractivity (Wildman–Crippen MR) is 94.1 cm³/mol. The van der Waals surface area contributed by atoms with Gasteiger partial charge in [0.05, 0.1) is 10.7 Å². The molecule has 3 aromatic rings. The van der Waals surface area contributed by atoms with Crippen molar-refractivity contribution in [1.82, 2.24) is 0 Å². The van der Waals surface area contributed by atoms with E-state index >= 15 is 0 Å². The van der Waals surface area contributed by atoms with Gasteiger partial charge in [0.15, 0.2) is 0 Å². The highest BCUT2D eigenvalue weighted by atomic mass is 79.9. The molecule has 3 rings (SSSR count). The van der Waals surface area contributed by atoms with E-state index in [4.69, 9.17) is 11.6 Å². The Morgan fingerprint density at radius 3 is 2.80 bits per heavy atom. The lowest BCUT2D eigenvalue weighted by molar-refractivity contribution is 1.19. The molecule has 0 radical (unpaired) electrons. The molecule has 0 spiro atoms. The van der Waals surface area contributed by atoms with E-state index in [0.29, 0.717) is 0 Å². The Labute approximate surface area is 139 Å². The standard InChI is InChI=1S/C15H11BrClNS2/c16-11-3-4-14(13(17)7-11)18-8-12-6-10(9-20-12)15-2-1-5-19-15/h1-7,9,18H,8H2. The summed E-state index contributed by atoms with van der Waals surface area (Å²) in [7, 11) is 0. The van der Waals surface area contributed by atoms with Crippen molar-refractivity contribution in [2.45, 2.75) is 6.54 Å². The van der Waals surface area contributed by atoms with Gasteiger partial charge < -0.3 is 5.32 Å². The van der Waals surface area contributed by atoms with Crippen LogP contribution in [0.3, 0.4) is 0 Å². The molecule has 1 N–H and O–H groups in total. The summed E-state index contributed by atoms with van der Waals surface area (Å²) in [4.78, 5) is 2.61. The van der Waals surface area contributed by atoms with Gasteiger partial charge in [-0.05, 0) is 41.1 Å². The third kappa shape index (κ3) is 3.26. The lowest BCUT2D eigenvalue weighted by Gasteiger charge is -2.07. The molecule has 0 aliphatic carbocycles. The van der Waals surface area contributed by atoms with Gasteiger partial charge in [-0.3, -0.25) is 0 Å². The van der Waals surface area contributed by atoms with Gasteiger partial charge in [-0.2, -0.15) is 0 Å². The molecular formula is C15H11BrClNS2. The van der Waals surface area contributed by atoms with Crippen LogP contribution < -0.4 is 5.32 Å². The quantitative estimate of drug-likeness (QED) is 0.541. The topological polar surface area (TPSA) is 12.0 Å². The van der Waals surface area contributed by atoms with E-state index in [1.54, 1.807) is 22.7 Å². The number of anilines is 1. The molecule has 20 heavy (non-hydrogen) atoms. The maximum atomic E-state index is 6.19. The second-order valence-corrected chi connectivity index (χ2v) is 7.52. The highest BCUT2D eigenvalue weighted by molar-refractivity contribution is 9.10. The van der Waals surface area contributed by atoms with Crippen molar-refractivity contribution in [2.24, 2.45) is 0 Å². The fourth-order valence-corrected chi connectivity index (χ4v) is 4.21.